The highest BCUT2D eigenvalue weighted by molar-refractivity contribution is 7.09. The van der Waals surface area contributed by atoms with Gasteiger partial charge in [0.1, 0.15) is 17.7 Å². The van der Waals surface area contributed by atoms with Crippen molar-refractivity contribution in [1.82, 2.24) is 15.0 Å². The Morgan fingerprint density at radius 3 is 2.55 bits per heavy atom. The Morgan fingerprint density at radius 1 is 1.12 bits per heavy atom. The lowest BCUT2D eigenvalue weighted by Crippen LogP contribution is -2.40. The van der Waals surface area contributed by atoms with Gasteiger partial charge in [-0.05, 0) is 58.6 Å². The molecule has 0 bridgehead atoms. The van der Waals surface area contributed by atoms with Crippen molar-refractivity contribution >= 4 is 46.5 Å². The smallest absolute Gasteiger partial charge is 0.225 e. The van der Waals surface area contributed by atoms with E-state index in [2.05, 4.69) is 15.6 Å². The van der Waals surface area contributed by atoms with Crippen molar-refractivity contribution in [3.8, 4) is 17.2 Å². The Hall–Kier alpha value is -2.96. The molecule has 5 rings (SSSR count). The third-order valence-electron chi connectivity index (χ3n) is 7.19. The molecule has 1 saturated carbocycles. The number of anilines is 2. The molecule has 0 aromatic carbocycles. The zero-order valence-corrected chi connectivity index (χ0v) is 24.8. The summed E-state index contributed by atoms with van der Waals surface area (Å²) in [6.45, 7) is 10.0. The molecule has 4 heterocycles. The van der Waals surface area contributed by atoms with E-state index >= 15 is 0 Å². The number of aliphatic hydroxyl groups is 3. The van der Waals surface area contributed by atoms with Gasteiger partial charge in [-0.15, -0.1) is 23.7 Å². The van der Waals surface area contributed by atoms with E-state index in [1.807, 2.05) is 50.4 Å². The van der Waals surface area contributed by atoms with Gasteiger partial charge in [0.25, 0.3) is 0 Å². The number of nitrogens with one attached hydrogen (secondary N) is 2. The summed E-state index contributed by atoms with van der Waals surface area (Å²) in [5.74, 6) is 1.44. The van der Waals surface area contributed by atoms with Crippen LogP contribution in [0.4, 0.5) is 11.8 Å². The van der Waals surface area contributed by atoms with Crippen LogP contribution in [0.25, 0.3) is 22.3 Å². The molecule has 1 aliphatic carbocycles. The van der Waals surface area contributed by atoms with Crippen molar-refractivity contribution in [1.29, 1.82) is 0 Å². The van der Waals surface area contributed by atoms with Crippen LogP contribution in [0.2, 0.25) is 0 Å². The number of aryl methyl sites for hydroxylation is 2. The van der Waals surface area contributed by atoms with E-state index in [9.17, 15) is 15.3 Å². The van der Waals surface area contributed by atoms with Crippen molar-refractivity contribution in [2.75, 3.05) is 17.2 Å². The van der Waals surface area contributed by atoms with Crippen LogP contribution in [-0.2, 0) is 6.54 Å². The van der Waals surface area contributed by atoms with Crippen LogP contribution in [0.15, 0.2) is 34.1 Å². The predicted molar refractivity (Wildman–Crippen MR) is 158 cm³/mol. The fraction of sp³-hybridized carbons (Fsp3) is 0.464. The third kappa shape index (κ3) is 6.03. The van der Waals surface area contributed by atoms with Gasteiger partial charge in [0.05, 0.1) is 47.8 Å². The van der Waals surface area contributed by atoms with Gasteiger partial charge in [0.15, 0.2) is 5.58 Å². The first-order valence-corrected chi connectivity index (χ1v) is 14.0. The first-order chi connectivity index (χ1) is 18.5. The third-order valence-corrected chi connectivity index (χ3v) is 8.06. The van der Waals surface area contributed by atoms with Gasteiger partial charge in [-0.3, -0.25) is 0 Å². The molecule has 4 aromatic heterocycles. The first-order valence-electron chi connectivity index (χ1n) is 13.1. The zero-order valence-electron chi connectivity index (χ0n) is 23.1. The fourth-order valence-corrected chi connectivity index (χ4v) is 5.85. The summed E-state index contributed by atoms with van der Waals surface area (Å²) in [6.07, 6.45) is -1.82. The van der Waals surface area contributed by atoms with E-state index in [-0.39, 0.29) is 12.4 Å². The van der Waals surface area contributed by atoms with Crippen LogP contribution in [0.3, 0.4) is 0 Å². The van der Waals surface area contributed by atoms with Crippen LogP contribution in [-0.4, -0.2) is 60.7 Å². The molecule has 1 aliphatic rings. The van der Waals surface area contributed by atoms with Crippen molar-refractivity contribution in [2.45, 2.75) is 71.4 Å². The zero-order chi connectivity index (χ0) is 27.9. The largest absolute Gasteiger partial charge is 0.478 e. The van der Waals surface area contributed by atoms with E-state index in [0.29, 0.717) is 65.5 Å². The Morgan fingerprint density at radius 2 is 1.90 bits per heavy atom. The van der Waals surface area contributed by atoms with Crippen LogP contribution in [0.1, 0.15) is 43.5 Å². The summed E-state index contributed by atoms with van der Waals surface area (Å²) in [6, 6.07) is 7.22. The topological polar surface area (TPSA) is 146 Å². The second-order valence-electron chi connectivity index (χ2n) is 10.5. The molecule has 1 fully saturated rings. The minimum atomic E-state index is -1.16. The molecule has 10 nitrogen and oxygen atoms in total. The molecular formula is C28H36ClN5O5S. The van der Waals surface area contributed by atoms with E-state index in [0.717, 1.165) is 10.3 Å². The number of halogens is 1. The highest BCUT2D eigenvalue weighted by Crippen LogP contribution is 2.40. The lowest BCUT2D eigenvalue weighted by Gasteiger charge is -2.28. The second kappa shape index (κ2) is 11.9. The first kappa shape index (κ1) is 30.0. The normalized spacial score (nSPS) is 20.9. The fourth-order valence-electron chi connectivity index (χ4n) is 5.21. The number of ether oxygens (including phenoxy) is 1. The lowest BCUT2D eigenvalue weighted by molar-refractivity contribution is -0.0601. The molecule has 4 atom stereocenters. The van der Waals surface area contributed by atoms with Gasteiger partial charge in [0, 0.05) is 22.2 Å². The maximum Gasteiger partial charge on any atom is 0.225 e. The molecule has 0 amide bonds. The highest BCUT2D eigenvalue weighted by atomic mass is 35.5. The molecule has 5 N–H and O–H groups in total. The molecule has 12 heteroatoms. The number of fused-ring (bicyclic) bond motifs is 1. The van der Waals surface area contributed by atoms with Crippen LogP contribution >= 0.6 is 23.7 Å². The molecule has 40 heavy (non-hydrogen) atoms. The number of furan rings is 1. The van der Waals surface area contributed by atoms with Crippen LogP contribution in [0, 0.1) is 19.8 Å². The summed E-state index contributed by atoms with van der Waals surface area (Å²) < 4.78 is 11.9. The van der Waals surface area contributed by atoms with Gasteiger partial charge >= 0.3 is 0 Å². The van der Waals surface area contributed by atoms with Crippen LogP contribution in [0.5, 0.6) is 5.88 Å². The average Bonchev–Trinajstić information content (AvgIpc) is 3.59. The maximum atomic E-state index is 10.9. The molecule has 216 valence electrons. The molecule has 0 aliphatic heterocycles. The number of nitrogens with zero attached hydrogens (tertiary/aromatic N) is 3. The number of rotatable bonds is 9. The molecule has 0 saturated heterocycles. The summed E-state index contributed by atoms with van der Waals surface area (Å²) in [5.41, 5.74) is 1.49. The van der Waals surface area contributed by atoms with E-state index in [1.165, 1.54) is 0 Å². The van der Waals surface area contributed by atoms with Gasteiger partial charge in [-0.1, -0.05) is 6.07 Å². The Bertz CT molecular complexity index is 1460. The molecular weight excluding hydrogens is 554 g/mol. The van der Waals surface area contributed by atoms with Crippen molar-refractivity contribution in [3.63, 3.8) is 0 Å². The van der Waals surface area contributed by atoms with E-state index in [1.54, 1.807) is 25.2 Å². The Labute approximate surface area is 243 Å². The SMILES string of the molecule is CCOc1cc2cc(-c3c(C)nc(NCc4cccs4)nc3N[C@@H]3C[C@H](C(C)(C)O)[C@@H](O)[C@H]3O)oc2c(C)n1.Cl. The van der Waals surface area contributed by atoms with Gasteiger partial charge in [0.2, 0.25) is 11.8 Å². The molecule has 4 aromatic rings. The molecule has 0 spiro atoms. The number of aromatic nitrogens is 3. The van der Waals surface area contributed by atoms with Crippen molar-refractivity contribution < 1.29 is 24.5 Å². The minimum Gasteiger partial charge on any atom is -0.478 e. The summed E-state index contributed by atoms with van der Waals surface area (Å²) in [7, 11) is 0. The predicted octanol–water partition coefficient (Wildman–Crippen LogP) is 4.69. The van der Waals surface area contributed by atoms with Gasteiger partial charge in [-0.25, -0.2) is 9.97 Å². The Kier molecular flexibility index (Phi) is 8.91. The van der Waals surface area contributed by atoms with Crippen LogP contribution < -0.4 is 15.4 Å². The number of pyridine rings is 1. The standard InChI is InChI=1S/C28H35N5O5S.ClH/c1-6-37-21-11-16-10-20(38-25(16)15(3)30-21)22-14(2)31-27(29-13-17-8-7-9-39-17)33-26(22)32-19-12-18(28(4,5)36)23(34)24(19)35;/h7-11,18-19,23-24,34-36H,6,12-13H2,1-5H3,(H2,29,31,32,33);1H/t18-,19+,23+,24-;/m0./s1. The van der Waals surface area contributed by atoms with Crippen molar-refractivity contribution in [2.24, 2.45) is 5.92 Å². The van der Waals surface area contributed by atoms with Gasteiger partial charge in [-0.2, -0.15) is 4.98 Å². The summed E-state index contributed by atoms with van der Waals surface area (Å²) >= 11 is 1.64. The van der Waals surface area contributed by atoms with Gasteiger partial charge < -0.3 is 35.1 Å². The minimum absolute atomic E-state index is 0. The number of thiophene rings is 1. The molecule has 0 unspecified atom stereocenters. The second-order valence-corrected chi connectivity index (χ2v) is 11.6. The Balaban J connectivity index is 0.00000370. The number of hydrogen-bond acceptors (Lipinski definition) is 11. The number of hydrogen-bond donors (Lipinski definition) is 5. The highest BCUT2D eigenvalue weighted by Gasteiger charge is 2.48. The van der Waals surface area contributed by atoms with Crippen molar-refractivity contribution in [3.05, 3.63) is 45.9 Å². The number of aliphatic hydroxyl groups excluding tert-OH is 2. The monoisotopic (exact) mass is 589 g/mol. The maximum absolute atomic E-state index is 10.9. The average molecular weight is 590 g/mol. The van der Waals surface area contributed by atoms with E-state index < -0.39 is 29.8 Å². The molecule has 0 radical (unpaired) electrons. The quantitative estimate of drug-likeness (QED) is 0.186. The van der Waals surface area contributed by atoms with E-state index in [4.69, 9.17) is 19.1 Å². The summed E-state index contributed by atoms with van der Waals surface area (Å²) in [4.78, 5) is 15.1. The summed E-state index contributed by atoms with van der Waals surface area (Å²) in [5, 5.41) is 41.6. The lowest BCUT2D eigenvalue weighted by atomic mass is 9.88.